The number of ketones is 1. The van der Waals surface area contributed by atoms with Crippen LogP contribution in [0.2, 0.25) is 0 Å². The molecule has 0 saturated heterocycles. The van der Waals surface area contributed by atoms with Crippen LogP contribution in [0.1, 0.15) is 22.8 Å². The molecule has 4 nitrogen and oxygen atoms in total. The SMILES string of the molecule is CC(=O)c1ccc(C)c(F)c1[N+](=O)[O-]. The van der Waals surface area contributed by atoms with Gasteiger partial charge in [0.25, 0.3) is 0 Å². The zero-order valence-corrected chi connectivity index (χ0v) is 7.70. The minimum atomic E-state index is -0.942. The maximum absolute atomic E-state index is 13.3. The molecule has 1 rings (SSSR count). The molecule has 5 heteroatoms. The Balaban J connectivity index is 3.53. The Morgan fingerprint density at radius 2 is 2.07 bits per heavy atom. The smallest absolute Gasteiger partial charge is 0.294 e. The normalized spacial score (nSPS) is 9.93. The molecule has 0 unspecified atom stereocenters. The summed E-state index contributed by atoms with van der Waals surface area (Å²) in [4.78, 5) is 20.6. The molecule has 0 radical (unpaired) electrons. The van der Waals surface area contributed by atoms with Crippen molar-refractivity contribution in [2.45, 2.75) is 13.8 Å². The maximum Gasteiger partial charge on any atom is 0.315 e. The number of carbonyl (C=O) groups is 1. The molecule has 0 heterocycles. The number of aryl methyl sites for hydroxylation is 1. The van der Waals surface area contributed by atoms with E-state index < -0.39 is 22.2 Å². The Labute approximate surface area is 79.5 Å². The summed E-state index contributed by atoms with van der Waals surface area (Å²) in [5.74, 6) is -1.46. The second-order valence-corrected chi connectivity index (χ2v) is 2.91. The van der Waals surface area contributed by atoms with Crippen LogP contribution in [0, 0.1) is 22.9 Å². The van der Waals surface area contributed by atoms with Crippen molar-refractivity contribution in [1.82, 2.24) is 0 Å². The van der Waals surface area contributed by atoms with Crippen molar-refractivity contribution in [2.24, 2.45) is 0 Å². The molecule has 0 saturated carbocycles. The highest BCUT2D eigenvalue weighted by Crippen LogP contribution is 2.25. The Morgan fingerprint density at radius 3 is 2.50 bits per heavy atom. The van der Waals surface area contributed by atoms with Crippen molar-refractivity contribution in [3.63, 3.8) is 0 Å². The minimum absolute atomic E-state index is 0.154. The number of nitro groups is 1. The van der Waals surface area contributed by atoms with Crippen molar-refractivity contribution in [2.75, 3.05) is 0 Å². The molecule has 0 aromatic heterocycles. The van der Waals surface area contributed by atoms with Crippen LogP contribution in [0.15, 0.2) is 12.1 Å². The molecule has 0 aliphatic heterocycles. The van der Waals surface area contributed by atoms with Crippen molar-refractivity contribution >= 4 is 11.5 Å². The van der Waals surface area contributed by atoms with Gasteiger partial charge < -0.3 is 0 Å². The minimum Gasteiger partial charge on any atom is -0.294 e. The van der Waals surface area contributed by atoms with Crippen molar-refractivity contribution in [3.05, 3.63) is 39.2 Å². The van der Waals surface area contributed by atoms with Gasteiger partial charge in [-0.1, -0.05) is 6.07 Å². The van der Waals surface area contributed by atoms with E-state index in [1.807, 2.05) is 0 Å². The third-order valence-corrected chi connectivity index (χ3v) is 1.87. The van der Waals surface area contributed by atoms with E-state index in [1.165, 1.54) is 19.1 Å². The number of halogens is 1. The first-order chi connectivity index (χ1) is 6.45. The highest BCUT2D eigenvalue weighted by molar-refractivity contribution is 5.98. The summed E-state index contributed by atoms with van der Waals surface area (Å²) in [6.45, 7) is 2.57. The van der Waals surface area contributed by atoms with Gasteiger partial charge in [0.2, 0.25) is 5.82 Å². The number of rotatable bonds is 2. The molecule has 0 aliphatic rings. The van der Waals surface area contributed by atoms with Crippen molar-refractivity contribution < 1.29 is 14.1 Å². The number of hydrogen-bond donors (Lipinski definition) is 0. The second kappa shape index (κ2) is 3.53. The summed E-state index contributed by atoms with van der Waals surface area (Å²) in [5.41, 5.74) is -0.780. The Hall–Kier alpha value is -1.78. The molecular formula is C9H8FNO3. The summed E-state index contributed by atoms with van der Waals surface area (Å²) in [5, 5.41) is 10.5. The zero-order valence-electron chi connectivity index (χ0n) is 7.70. The third kappa shape index (κ3) is 1.61. The topological polar surface area (TPSA) is 60.2 Å². The van der Waals surface area contributed by atoms with E-state index in [2.05, 4.69) is 0 Å². The van der Waals surface area contributed by atoms with Crippen LogP contribution in [-0.2, 0) is 0 Å². The molecule has 0 aliphatic carbocycles. The Bertz CT molecular complexity index is 415. The summed E-state index contributed by atoms with van der Waals surface area (Å²) in [7, 11) is 0. The number of hydrogen-bond acceptors (Lipinski definition) is 3. The average molecular weight is 197 g/mol. The lowest BCUT2D eigenvalue weighted by atomic mass is 10.1. The van der Waals surface area contributed by atoms with E-state index >= 15 is 0 Å². The molecule has 14 heavy (non-hydrogen) atoms. The van der Waals surface area contributed by atoms with Gasteiger partial charge in [-0.05, 0) is 25.5 Å². The lowest BCUT2D eigenvalue weighted by Gasteiger charge is -2.01. The number of nitro benzene ring substituents is 1. The van der Waals surface area contributed by atoms with Gasteiger partial charge in [-0.2, -0.15) is 4.39 Å². The molecule has 0 fully saturated rings. The highest BCUT2D eigenvalue weighted by atomic mass is 19.1. The summed E-state index contributed by atoms with van der Waals surface area (Å²) < 4.78 is 13.3. The van der Waals surface area contributed by atoms with Crippen LogP contribution in [0.5, 0.6) is 0 Å². The number of nitrogens with zero attached hydrogens (tertiary/aromatic N) is 1. The predicted molar refractivity (Wildman–Crippen MR) is 47.8 cm³/mol. The van der Waals surface area contributed by atoms with Crippen molar-refractivity contribution in [3.8, 4) is 0 Å². The van der Waals surface area contributed by atoms with Crippen LogP contribution in [-0.4, -0.2) is 10.7 Å². The standard InChI is InChI=1S/C9H8FNO3/c1-5-3-4-7(6(2)12)9(8(5)10)11(13)14/h3-4H,1-2H3. The number of carbonyl (C=O) groups excluding carboxylic acids is 1. The predicted octanol–water partition coefficient (Wildman–Crippen LogP) is 2.24. The van der Waals surface area contributed by atoms with Gasteiger partial charge in [0.15, 0.2) is 5.78 Å². The lowest BCUT2D eigenvalue weighted by Crippen LogP contribution is -2.04. The van der Waals surface area contributed by atoms with E-state index in [4.69, 9.17) is 0 Å². The van der Waals surface area contributed by atoms with E-state index in [-0.39, 0.29) is 11.1 Å². The third-order valence-electron chi connectivity index (χ3n) is 1.87. The summed E-state index contributed by atoms with van der Waals surface area (Å²) in [6, 6.07) is 2.61. The van der Waals surface area contributed by atoms with E-state index in [0.29, 0.717) is 0 Å². The molecule has 0 N–H and O–H groups in total. The monoisotopic (exact) mass is 197 g/mol. The van der Waals surface area contributed by atoms with Crippen molar-refractivity contribution in [1.29, 1.82) is 0 Å². The fourth-order valence-corrected chi connectivity index (χ4v) is 1.13. The van der Waals surface area contributed by atoms with Gasteiger partial charge in [-0.3, -0.25) is 14.9 Å². The fraction of sp³-hybridized carbons (Fsp3) is 0.222. The summed E-state index contributed by atoms with van der Waals surface area (Å²) >= 11 is 0. The molecule has 0 spiro atoms. The largest absolute Gasteiger partial charge is 0.315 e. The summed E-state index contributed by atoms with van der Waals surface area (Å²) in [6.07, 6.45) is 0. The van der Waals surface area contributed by atoms with Crippen LogP contribution < -0.4 is 0 Å². The Kier molecular flexibility index (Phi) is 2.60. The molecule has 1 aromatic carbocycles. The van der Waals surface area contributed by atoms with Crippen LogP contribution in [0.4, 0.5) is 10.1 Å². The molecule has 74 valence electrons. The van der Waals surface area contributed by atoms with Gasteiger partial charge >= 0.3 is 5.69 Å². The lowest BCUT2D eigenvalue weighted by molar-refractivity contribution is -0.387. The van der Waals surface area contributed by atoms with Crippen LogP contribution in [0.3, 0.4) is 0 Å². The van der Waals surface area contributed by atoms with E-state index in [0.717, 1.165) is 6.92 Å². The fourth-order valence-electron chi connectivity index (χ4n) is 1.13. The maximum atomic E-state index is 13.3. The molecule has 1 aromatic rings. The molecular weight excluding hydrogens is 189 g/mol. The first kappa shape index (κ1) is 10.3. The number of benzene rings is 1. The van der Waals surface area contributed by atoms with E-state index in [1.54, 1.807) is 0 Å². The highest BCUT2D eigenvalue weighted by Gasteiger charge is 2.24. The van der Waals surface area contributed by atoms with Gasteiger partial charge in [0.05, 0.1) is 10.5 Å². The molecule has 0 bridgehead atoms. The van der Waals surface area contributed by atoms with Gasteiger partial charge in [-0.15, -0.1) is 0 Å². The second-order valence-electron chi connectivity index (χ2n) is 2.91. The van der Waals surface area contributed by atoms with Gasteiger partial charge in [-0.25, -0.2) is 0 Å². The number of Topliss-reactive ketones (excluding diaryl/α,β-unsaturated/α-hetero) is 1. The van der Waals surface area contributed by atoms with E-state index in [9.17, 15) is 19.3 Å². The molecule has 0 amide bonds. The van der Waals surface area contributed by atoms with Crippen LogP contribution in [0.25, 0.3) is 0 Å². The Morgan fingerprint density at radius 1 is 1.50 bits per heavy atom. The average Bonchev–Trinajstić information content (AvgIpc) is 2.08. The molecule has 0 atom stereocenters. The first-order valence-electron chi connectivity index (χ1n) is 3.89. The zero-order chi connectivity index (χ0) is 10.9. The van der Waals surface area contributed by atoms with Gasteiger partial charge in [0, 0.05) is 0 Å². The first-order valence-corrected chi connectivity index (χ1v) is 3.89. The quantitative estimate of drug-likeness (QED) is 0.415. The van der Waals surface area contributed by atoms with Crippen LogP contribution >= 0.6 is 0 Å². The van der Waals surface area contributed by atoms with Gasteiger partial charge in [0.1, 0.15) is 0 Å².